The van der Waals surface area contributed by atoms with E-state index in [0.29, 0.717) is 10.6 Å². The number of benzene rings is 2. The predicted molar refractivity (Wildman–Crippen MR) is 68.6 cm³/mol. The van der Waals surface area contributed by atoms with Crippen molar-refractivity contribution in [3.05, 3.63) is 52.5 Å². The third-order valence-corrected chi connectivity index (χ3v) is 2.88. The number of para-hydroxylation sites is 1. The highest BCUT2D eigenvalue weighted by atomic mass is 35.5. The second kappa shape index (κ2) is 5.31. The fourth-order valence-corrected chi connectivity index (χ4v) is 2.12. The number of rotatable bonds is 2. The summed E-state index contributed by atoms with van der Waals surface area (Å²) in [6.07, 6.45) is -4.75. The van der Waals surface area contributed by atoms with Gasteiger partial charge in [0.15, 0.2) is 0 Å². The second-order valence-corrected chi connectivity index (χ2v) is 4.51. The maximum Gasteiger partial charge on any atom is 0.573 e. The van der Waals surface area contributed by atoms with Crippen LogP contribution in [0.3, 0.4) is 0 Å². The molecular formula is C13H7Cl2F3O. The lowest BCUT2D eigenvalue weighted by Gasteiger charge is -2.14. The minimum absolute atomic E-state index is 0.251. The quantitative estimate of drug-likeness (QED) is 0.706. The summed E-state index contributed by atoms with van der Waals surface area (Å²) in [7, 11) is 0. The molecule has 1 nitrogen and oxygen atoms in total. The van der Waals surface area contributed by atoms with E-state index in [1.165, 1.54) is 24.3 Å². The molecular weight excluding hydrogens is 300 g/mol. The van der Waals surface area contributed by atoms with Crippen LogP contribution in [0.5, 0.6) is 5.75 Å². The Bertz CT molecular complexity index is 597. The first-order valence-electron chi connectivity index (χ1n) is 5.17. The van der Waals surface area contributed by atoms with Crippen LogP contribution in [0.25, 0.3) is 11.1 Å². The number of halogens is 5. The molecule has 0 amide bonds. The van der Waals surface area contributed by atoms with Crippen molar-refractivity contribution in [1.29, 1.82) is 0 Å². The molecule has 0 aliphatic rings. The lowest BCUT2D eigenvalue weighted by molar-refractivity contribution is -0.274. The van der Waals surface area contributed by atoms with Gasteiger partial charge in [-0.2, -0.15) is 0 Å². The lowest BCUT2D eigenvalue weighted by Crippen LogP contribution is -2.17. The van der Waals surface area contributed by atoms with Crippen LogP contribution in [0.15, 0.2) is 42.5 Å². The minimum atomic E-state index is -4.75. The van der Waals surface area contributed by atoms with Crippen molar-refractivity contribution in [3.8, 4) is 16.9 Å². The first kappa shape index (κ1) is 14.0. The van der Waals surface area contributed by atoms with Gasteiger partial charge in [-0.25, -0.2) is 0 Å². The molecule has 6 heteroatoms. The third-order valence-electron chi connectivity index (χ3n) is 2.33. The van der Waals surface area contributed by atoms with Crippen LogP contribution < -0.4 is 4.74 Å². The van der Waals surface area contributed by atoms with E-state index in [9.17, 15) is 13.2 Å². The summed E-state index contributed by atoms with van der Waals surface area (Å²) >= 11 is 11.7. The van der Waals surface area contributed by atoms with Crippen molar-refractivity contribution in [1.82, 2.24) is 0 Å². The first-order valence-corrected chi connectivity index (χ1v) is 5.92. The van der Waals surface area contributed by atoms with E-state index in [-0.39, 0.29) is 16.3 Å². The number of hydrogen-bond donors (Lipinski definition) is 0. The van der Waals surface area contributed by atoms with Gasteiger partial charge in [-0.15, -0.1) is 13.2 Å². The summed E-state index contributed by atoms with van der Waals surface area (Å²) in [6.45, 7) is 0. The summed E-state index contributed by atoms with van der Waals surface area (Å²) in [5.41, 5.74) is 0.674. The van der Waals surface area contributed by atoms with Crippen molar-refractivity contribution in [2.24, 2.45) is 0 Å². The van der Waals surface area contributed by atoms with Crippen LogP contribution in [0.2, 0.25) is 10.0 Å². The lowest BCUT2D eigenvalue weighted by atomic mass is 10.0. The largest absolute Gasteiger partial charge is 0.573 e. The molecule has 0 aliphatic heterocycles. The Labute approximate surface area is 117 Å². The Morgan fingerprint density at radius 1 is 0.895 bits per heavy atom. The Morgan fingerprint density at radius 2 is 1.58 bits per heavy atom. The topological polar surface area (TPSA) is 9.23 Å². The fraction of sp³-hybridized carbons (Fsp3) is 0.0769. The molecule has 0 N–H and O–H groups in total. The summed E-state index contributed by atoms with van der Waals surface area (Å²) in [5, 5.41) is 0.661. The van der Waals surface area contributed by atoms with E-state index in [1.807, 2.05) is 0 Å². The SMILES string of the molecule is FC(F)(F)Oc1ccccc1-c1ccc(Cl)cc1Cl. The molecule has 0 atom stereocenters. The van der Waals surface area contributed by atoms with Gasteiger partial charge in [0.05, 0.1) is 5.02 Å². The Kier molecular flexibility index (Phi) is 3.92. The van der Waals surface area contributed by atoms with Crippen LogP contribution in [0, 0.1) is 0 Å². The molecule has 0 saturated carbocycles. The van der Waals surface area contributed by atoms with E-state index in [2.05, 4.69) is 4.74 Å². The van der Waals surface area contributed by atoms with Gasteiger partial charge in [0, 0.05) is 16.1 Å². The van der Waals surface area contributed by atoms with Crippen molar-refractivity contribution in [2.75, 3.05) is 0 Å². The van der Waals surface area contributed by atoms with Crippen LogP contribution in [0.4, 0.5) is 13.2 Å². The predicted octanol–water partition coefficient (Wildman–Crippen LogP) is 5.56. The summed E-state index contributed by atoms with van der Waals surface area (Å²) in [5.74, 6) is -0.306. The van der Waals surface area contributed by atoms with Crippen LogP contribution in [0.1, 0.15) is 0 Å². The van der Waals surface area contributed by atoms with Gasteiger partial charge >= 0.3 is 6.36 Å². The van der Waals surface area contributed by atoms with E-state index >= 15 is 0 Å². The molecule has 0 aliphatic carbocycles. The molecule has 2 rings (SSSR count). The highest BCUT2D eigenvalue weighted by Gasteiger charge is 2.32. The molecule has 2 aromatic rings. The number of ether oxygens (including phenoxy) is 1. The maximum atomic E-state index is 12.3. The van der Waals surface area contributed by atoms with E-state index in [4.69, 9.17) is 23.2 Å². The molecule has 0 bridgehead atoms. The zero-order chi connectivity index (χ0) is 14.0. The van der Waals surface area contributed by atoms with E-state index in [1.54, 1.807) is 18.2 Å². The smallest absolute Gasteiger partial charge is 0.405 e. The average Bonchev–Trinajstić information content (AvgIpc) is 2.28. The van der Waals surface area contributed by atoms with Gasteiger partial charge in [0.25, 0.3) is 0 Å². The second-order valence-electron chi connectivity index (χ2n) is 3.67. The maximum absolute atomic E-state index is 12.3. The molecule has 100 valence electrons. The minimum Gasteiger partial charge on any atom is -0.405 e. The van der Waals surface area contributed by atoms with Crippen molar-refractivity contribution in [3.63, 3.8) is 0 Å². The molecule has 0 heterocycles. The normalized spacial score (nSPS) is 11.4. The monoisotopic (exact) mass is 306 g/mol. The molecule has 0 aromatic heterocycles. The van der Waals surface area contributed by atoms with Gasteiger partial charge in [-0.1, -0.05) is 47.5 Å². The molecule has 0 fully saturated rings. The van der Waals surface area contributed by atoms with Gasteiger partial charge < -0.3 is 4.74 Å². The summed E-state index contributed by atoms with van der Waals surface area (Å²) in [4.78, 5) is 0. The van der Waals surface area contributed by atoms with Gasteiger partial charge in [-0.05, 0) is 18.2 Å². The Morgan fingerprint density at radius 3 is 2.21 bits per heavy atom. The molecule has 19 heavy (non-hydrogen) atoms. The van der Waals surface area contributed by atoms with E-state index in [0.717, 1.165) is 0 Å². The van der Waals surface area contributed by atoms with Crippen LogP contribution in [-0.2, 0) is 0 Å². The molecule has 0 saturated heterocycles. The van der Waals surface area contributed by atoms with Gasteiger partial charge in [0.2, 0.25) is 0 Å². The highest BCUT2D eigenvalue weighted by Crippen LogP contribution is 2.38. The van der Waals surface area contributed by atoms with Crippen molar-refractivity contribution in [2.45, 2.75) is 6.36 Å². The van der Waals surface area contributed by atoms with E-state index < -0.39 is 6.36 Å². The third kappa shape index (κ3) is 3.55. The van der Waals surface area contributed by atoms with Crippen molar-refractivity contribution >= 4 is 23.2 Å². The zero-order valence-corrected chi connectivity index (χ0v) is 10.9. The van der Waals surface area contributed by atoms with Crippen LogP contribution in [-0.4, -0.2) is 6.36 Å². The van der Waals surface area contributed by atoms with Gasteiger partial charge in [0.1, 0.15) is 5.75 Å². The van der Waals surface area contributed by atoms with Gasteiger partial charge in [-0.3, -0.25) is 0 Å². The molecule has 0 radical (unpaired) electrons. The average molecular weight is 307 g/mol. The molecule has 2 aromatic carbocycles. The summed E-state index contributed by atoms with van der Waals surface area (Å²) in [6, 6.07) is 10.3. The number of hydrogen-bond acceptors (Lipinski definition) is 1. The first-order chi connectivity index (χ1) is 8.87. The zero-order valence-electron chi connectivity index (χ0n) is 9.34. The van der Waals surface area contributed by atoms with Crippen LogP contribution >= 0.6 is 23.2 Å². The molecule has 0 spiro atoms. The summed E-state index contributed by atoms with van der Waals surface area (Å²) < 4.78 is 41.0. The highest BCUT2D eigenvalue weighted by molar-refractivity contribution is 6.36. The Hall–Kier alpha value is -1.39. The fourth-order valence-electron chi connectivity index (χ4n) is 1.61. The standard InChI is InChI=1S/C13H7Cl2F3O/c14-8-5-6-9(11(15)7-8)10-3-1-2-4-12(10)19-13(16,17)18/h1-7H. The molecule has 0 unspecified atom stereocenters. The van der Waals surface area contributed by atoms with Crippen molar-refractivity contribution < 1.29 is 17.9 Å². The Balaban J connectivity index is 2.50. The number of alkyl halides is 3.